The van der Waals surface area contributed by atoms with Gasteiger partial charge in [-0.1, -0.05) is 206 Å². The maximum absolute atomic E-state index is 11.9. The minimum Gasteiger partial charge on any atom is -0.175 e. The molecule has 43 heavy (non-hydrogen) atoms. The van der Waals surface area contributed by atoms with Crippen molar-refractivity contribution in [3.05, 3.63) is 0 Å². The van der Waals surface area contributed by atoms with E-state index >= 15 is 0 Å². The summed E-state index contributed by atoms with van der Waals surface area (Å²) >= 11 is 2.02. The summed E-state index contributed by atoms with van der Waals surface area (Å²) in [5, 5.41) is 0. The summed E-state index contributed by atoms with van der Waals surface area (Å²) in [6.45, 7) is 4.56. The molecule has 7 heteroatoms. The maximum atomic E-state index is 11.9. The molecule has 0 rings (SSSR count). The molecule has 0 amide bonds. The van der Waals surface area contributed by atoms with E-state index in [-0.39, 0.29) is 0 Å². The van der Waals surface area contributed by atoms with Crippen molar-refractivity contribution in [3.8, 4) is 0 Å². The van der Waals surface area contributed by atoms with Gasteiger partial charge < -0.3 is 0 Å². The van der Waals surface area contributed by atoms with Gasteiger partial charge in [0.05, 0.1) is 0 Å². The van der Waals surface area contributed by atoms with E-state index in [1.807, 2.05) is 0 Å². The third-order valence-corrected chi connectivity index (χ3v) is 11.4. The van der Waals surface area contributed by atoms with E-state index in [0.29, 0.717) is 11.5 Å². The lowest BCUT2D eigenvalue weighted by molar-refractivity contribution is 0.436. The van der Waals surface area contributed by atoms with Crippen LogP contribution in [0.2, 0.25) is 0 Å². The zero-order chi connectivity index (χ0) is 31.4. The molecule has 0 radical (unpaired) electrons. The van der Waals surface area contributed by atoms with E-state index in [9.17, 15) is 8.42 Å². The molecule has 0 fully saturated rings. The molecule has 4 nitrogen and oxygen atoms in total. The largest absolute Gasteiger partial charge is 0.421 e. The number of hydrogen-bond donors (Lipinski definition) is 0. The Hall–Kier alpha value is 0.570. The van der Waals surface area contributed by atoms with Gasteiger partial charge in [-0.15, -0.1) is 0 Å². The second kappa shape index (κ2) is 37.0. The topological polar surface area (TPSA) is 52.6 Å². The Morgan fingerprint density at radius 1 is 0.326 bits per heavy atom. The highest BCUT2D eigenvalue weighted by Crippen LogP contribution is 2.20. The first-order valence-corrected chi connectivity index (χ1v) is 22.1. The molecule has 0 aliphatic rings. The fourth-order valence-corrected chi connectivity index (χ4v) is 8.04. The lowest BCUT2D eigenvalue weighted by Gasteiger charge is -2.05. The van der Waals surface area contributed by atoms with Crippen molar-refractivity contribution in [2.75, 3.05) is 11.5 Å². The molecule has 0 heterocycles. The summed E-state index contributed by atoms with van der Waals surface area (Å²) in [5.41, 5.74) is 0. The molecule has 0 aliphatic heterocycles. The van der Waals surface area contributed by atoms with Crippen LogP contribution in [0.1, 0.15) is 219 Å². The maximum Gasteiger partial charge on any atom is 0.421 e. The Morgan fingerprint density at radius 3 is 0.721 bits per heavy atom. The molecule has 0 aliphatic carbocycles. The van der Waals surface area contributed by atoms with Gasteiger partial charge in [-0.05, 0) is 12.8 Å². The summed E-state index contributed by atoms with van der Waals surface area (Å²) in [7, 11) is -3.90. The molecule has 260 valence electrons. The second-order valence-electron chi connectivity index (χ2n) is 12.8. The summed E-state index contributed by atoms with van der Waals surface area (Å²) in [5.74, 6) is 1.40. The average molecular weight is 667 g/mol. The van der Waals surface area contributed by atoms with Crippen molar-refractivity contribution in [1.82, 2.24) is 0 Å². The van der Waals surface area contributed by atoms with Crippen molar-refractivity contribution in [1.29, 1.82) is 0 Å². The molecule has 0 saturated heterocycles. The van der Waals surface area contributed by atoms with Crippen molar-refractivity contribution in [3.63, 3.8) is 0 Å². The first-order chi connectivity index (χ1) is 21.1. The zero-order valence-electron chi connectivity index (χ0n) is 28.9. The third-order valence-electron chi connectivity index (χ3n) is 8.43. The molecular formula is C36H74O4S3. The minimum absolute atomic E-state index is 0.699. The van der Waals surface area contributed by atoms with Crippen molar-refractivity contribution in [2.24, 2.45) is 0 Å². The van der Waals surface area contributed by atoms with Gasteiger partial charge in [0.1, 0.15) is 0 Å². The van der Waals surface area contributed by atoms with Crippen molar-refractivity contribution >= 4 is 34.5 Å². The summed E-state index contributed by atoms with van der Waals surface area (Å²) < 4.78 is 33.6. The minimum atomic E-state index is -3.90. The van der Waals surface area contributed by atoms with E-state index in [4.69, 9.17) is 7.26 Å². The fraction of sp³-hybridized carbons (Fsp3) is 1.00. The van der Waals surface area contributed by atoms with Crippen LogP contribution in [0.5, 0.6) is 0 Å². The first-order valence-electron chi connectivity index (χ1n) is 19.0. The third kappa shape index (κ3) is 38.7. The highest BCUT2D eigenvalue weighted by molar-refractivity contribution is 8.08. The SMILES string of the molecule is CCCCCCCCCCCCCCCCCCSOS(=O)(=O)OSCCCCCCCCCCCCCCCCCC. The Balaban J connectivity index is 3.26. The van der Waals surface area contributed by atoms with Crippen LogP contribution in [0.25, 0.3) is 0 Å². The van der Waals surface area contributed by atoms with Crippen LogP contribution in [0.15, 0.2) is 0 Å². The Kier molecular flexibility index (Phi) is 37.5. The van der Waals surface area contributed by atoms with E-state index in [1.54, 1.807) is 0 Å². The Bertz CT molecular complexity index is 570. The monoisotopic (exact) mass is 666 g/mol. The smallest absolute Gasteiger partial charge is 0.175 e. The molecule has 0 N–H and O–H groups in total. The van der Waals surface area contributed by atoms with Crippen LogP contribution in [-0.2, 0) is 17.7 Å². The molecule has 0 atom stereocenters. The van der Waals surface area contributed by atoms with Crippen LogP contribution >= 0.6 is 24.1 Å². The highest BCUT2D eigenvalue weighted by Gasteiger charge is 2.13. The van der Waals surface area contributed by atoms with Gasteiger partial charge in [-0.25, -0.2) is 0 Å². The van der Waals surface area contributed by atoms with Gasteiger partial charge in [0.15, 0.2) is 0 Å². The van der Waals surface area contributed by atoms with Crippen molar-refractivity contribution < 1.29 is 15.7 Å². The van der Waals surface area contributed by atoms with Crippen LogP contribution in [0.4, 0.5) is 0 Å². The number of unbranched alkanes of at least 4 members (excludes halogenated alkanes) is 30. The molecular weight excluding hydrogens is 593 g/mol. The Morgan fingerprint density at radius 2 is 0.512 bits per heavy atom. The standard InChI is InChI=1S/C36H74O4S3/c1-3-5-7-9-11-13-15-17-19-21-23-25-27-29-31-33-35-41-39-43(37,38)40-42-36-34-32-30-28-26-24-22-20-18-16-14-12-10-8-6-4-2/h3-36H2,1-2H3. The van der Waals surface area contributed by atoms with Gasteiger partial charge in [-0.3, -0.25) is 0 Å². The molecule has 0 unspecified atom stereocenters. The molecule has 0 bridgehead atoms. The van der Waals surface area contributed by atoms with Crippen LogP contribution in [-0.4, -0.2) is 19.9 Å². The number of rotatable bonds is 38. The fourth-order valence-electron chi connectivity index (χ4n) is 5.62. The van der Waals surface area contributed by atoms with Gasteiger partial charge in [0.25, 0.3) is 0 Å². The molecule has 0 aromatic rings. The van der Waals surface area contributed by atoms with E-state index in [2.05, 4.69) is 13.8 Å². The summed E-state index contributed by atoms with van der Waals surface area (Å²) in [6, 6.07) is 0. The second-order valence-corrected chi connectivity index (χ2v) is 16.0. The molecule has 0 aromatic heterocycles. The summed E-state index contributed by atoms with van der Waals surface area (Å²) in [6.07, 6.45) is 42.9. The van der Waals surface area contributed by atoms with Gasteiger partial charge in [-0.2, -0.15) is 15.7 Å². The van der Waals surface area contributed by atoms with E-state index in [0.717, 1.165) is 49.8 Å². The van der Waals surface area contributed by atoms with Crippen LogP contribution in [0, 0.1) is 0 Å². The van der Waals surface area contributed by atoms with Gasteiger partial charge >= 0.3 is 10.4 Å². The van der Waals surface area contributed by atoms with Crippen LogP contribution in [0.3, 0.4) is 0 Å². The molecule has 0 spiro atoms. The first kappa shape index (κ1) is 43.6. The predicted octanol–water partition coefficient (Wildman–Crippen LogP) is 14.1. The van der Waals surface area contributed by atoms with E-state index < -0.39 is 10.4 Å². The normalized spacial score (nSPS) is 12.0. The lowest BCUT2D eigenvalue weighted by atomic mass is 10.0. The lowest BCUT2D eigenvalue weighted by Crippen LogP contribution is -2.02. The van der Waals surface area contributed by atoms with E-state index in [1.165, 1.54) is 180 Å². The average Bonchev–Trinajstić information content (AvgIpc) is 3.00. The molecule has 0 aromatic carbocycles. The van der Waals surface area contributed by atoms with Gasteiger partial charge in [0, 0.05) is 35.6 Å². The highest BCUT2D eigenvalue weighted by atomic mass is 32.3. The summed E-state index contributed by atoms with van der Waals surface area (Å²) in [4.78, 5) is 0. The zero-order valence-corrected chi connectivity index (χ0v) is 31.3. The van der Waals surface area contributed by atoms with Crippen molar-refractivity contribution in [2.45, 2.75) is 219 Å². The predicted molar refractivity (Wildman–Crippen MR) is 195 cm³/mol. The molecule has 0 saturated carbocycles. The quantitative estimate of drug-likeness (QED) is 0.0483. The Labute approximate surface area is 279 Å². The van der Waals surface area contributed by atoms with Gasteiger partial charge in [0.2, 0.25) is 0 Å². The van der Waals surface area contributed by atoms with Crippen LogP contribution < -0.4 is 0 Å². The number of hydrogen-bond acceptors (Lipinski definition) is 6.